The highest BCUT2D eigenvalue weighted by molar-refractivity contribution is 6.31. The van der Waals surface area contributed by atoms with Crippen LogP contribution in [0.25, 0.3) is 6.08 Å². The smallest absolute Gasteiger partial charge is 0.336 e. The van der Waals surface area contributed by atoms with Gasteiger partial charge in [-0.25, -0.2) is 4.79 Å². The summed E-state index contributed by atoms with van der Waals surface area (Å²) >= 11 is 12.0. The average molecular weight is 481 g/mol. The summed E-state index contributed by atoms with van der Waals surface area (Å²) in [7, 11) is 0. The number of rotatable bonds is 5. The van der Waals surface area contributed by atoms with Gasteiger partial charge in [0, 0.05) is 21.7 Å². The van der Waals surface area contributed by atoms with E-state index in [9.17, 15) is 14.4 Å². The maximum atomic E-state index is 12.8. The van der Waals surface area contributed by atoms with Gasteiger partial charge in [0.05, 0.1) is 18.1 Å². The number of allylic oxidation sites excluding steroid dienone is 2. The van der Waals surface area contributed by atoms with Crippen LogP contribution in [-0.2, 0) is 14.4 Å². The summed E-state index contributed by atoms with van der Waals surface area (Å²) in [5.41, 5.74) is 1.16. The number of halogens is 2. The summed E-state index contributed by atoms with van der Waals surface area (Å²) < 4.78 is 5.43. The van der Waals surface area contributed by atoms with E-state index in [1.54, 1.807) is 42.5 Å². The molecule has 0 N–H and O–H groups in total. The van der Waals surface area contributed by atoms with E-state index >= 15 is 0 Å². The first-order chi connectivity index (χ1) is 15.9. The van der Waals surface area contributed by atoms with E-state index in [1.165, 1.54) is 18.4 Å². The minimum Gasteiger partial charge on any atom is -0.423 e. The monoisotopic (exact) mass is 480 g/mol. The minimum absolute atomic E-state index is 0.103. The van der Waals surface area contributed by atoms with E-state index in [0.717, 1.165) is 17.0 Å². The summed E-state index contributed by atoms with van der Waals surface area (Å²) in [5, 5.41) is 6.08. The van der Waals surface area contributed by atoms with Gasteiger partial charge in [0.2, 0.25) is 0 Å². The fourth-order valence-electron chi connectivity index (χ4n) is 4.71. The molecule has 8 heteroatoms. The maximum absolute atomic E-state index is 12.8. The van der Waals surface area contributed by atoms with Gasteiger partial charge in [-0.2, -0.15) is 10.1 Å². The number of nitrogens with zero attached hydrogens (tertiary/aromatic N) is 2. The van der Waals surface area contributed by atoms with Crippen molar-refractivity contribution in [3.05, 3.63) is 81.9 Å². The number of hydrogen-bond acceptors (Lipinski definition) is 5. The summed E-state index contributed by atoms with van der Waals surface area (Å²) in [6, 6.07) is 11.6. The largest absolute Gasteiger partial charge is 0.423 e. The molecule has 1 aliphatic heterocycles. The van der Waals surface area contributed by atoms with Crippen LogP contribution in [0.4, 0.5) is 0 Å². The number of benzene rings is 2. The van der Waals surface area contributed by atoms with Gasteiger partial charge in [-0.3, -0.25) is 9.59 Å². The lowest BCUT2D eigenvalue weighted by atomic mass is 9.85. The molecule has 0 aromatic heterocycles. The lowest BCUT2D eigenvalue weighted by molar-refractivity contribution is -0.140. The predicted octanol–water partition coefficient (Wildman–Crippen LogP) is 4.75. The van der Waals surface area contributed by atoms with Crippen molar-refractivity contribution in [2.24, 2.45) is 28.8 Å². The van der Waals surface area contributed by atoms with Crippen LogP contribution in [0.1, 0.15) is 17.5 Å². The van der Waals surface area contributed by atoms with Gasteiger partial charge < -0.3 is 4.74 Å². The van der Waals surface area contributed by atoms with Crippen molar-refractivity contribution in [1.82, 2.24) is 5.01 Å². The number of carbonyl (C=O) groups is 3. The van der Waals surface area contributed by atoms with E-state index in [-0.39, 0.29) is 41.2 Å². The van der Waals surface area contributed by atoms with E-state index in [1.807, 2.05) is 12.2 Å². The molecule has 6 nitrogen and oxygen atoms in total. The third-order valence-corrected chi connectivity index (χ3v) is 6.71. The number of carbonyl (C=O) groups excluding carboxylic acids is 3. The van der Waals surface area contributed by atoms with Gasteiger partial charge in [0.25, 0.3) is 11.8 Å². The number of esters is 1. The molecule has 1 saturated heterocycles. The van der Waals surface area contributed by atoms with Crippen molar-refractivity contribution < 1.29 is 19.1 Å². The molecule has 2 aromatic carbocycles. The fraction of sp³-hybridized carbons (Fsp3) is 0.200. The van der Waals surface area contributed by atoms with Crippen molar-refractivity contribution in [2.45, 2.75) is 6.42 Å². The lowest BCUT2D eigenvalue weighted by Gasteiger charge is -2.13. The van der Waals surface area contributed by atoms with Crippen molar-refractivity contribution >= 4 is 53.3 Å². The molecule has 4 atom stereocenters. The number of fused-ring (bicyclic) bond motifs is 5. The fourth-order valence-corrected chi connectivity index (χ4v) is 5.02. The van der Waals surface area contributed by atoms with Crippen LogP contribution in [-0.4, -0.2) is 29.0 Å². The number of hydrogen-bond donors (Lipinski definition) is 0. The van der Waals surface area contributed by atoms with Crippen LogP contribution in [0, 0.1) is 23.7 Å². The summed E-state index contributed by atoms with van der Waals surface area (Å²) in [5.74, 6) is -1.44. The molecule has 0 radical (unpaired) electrons. The van der Waals surface area contributed by atoms with Crippen molar-refractivity contribution in [3.63, 3.8) is 0 Å². The Bertz CT molecular complexity index is 1210. The molecule has 3 aliphatic rings. The van der Waals surface area contributed by atoms with Gasteiger partial charge in [-0.15, -0.1) is 0 Å². The summed E-state index contributed by atoms with van der Waals surface area (Å²) in [4.78, 5) is 37.9. The van der Waals surface area contributed by atoms with Crippen LogP contribution >= 0.6 is 23.2 Å². The quantitative estimate of drug-likeness (QED) is 0.154. The molecular weight excluding hydrogens is 463 g/mol. The van der Waals surface area contributed by atoms with Crippen LogP contribution in [0.5, 0.6) is 5.75 Å². The van der Waals surface area contributed by atoms with Gasteiger partial charge in [-0.05, 0) is 60.2 Å². The normalized spacial score (nSPS) is 25.6. The Labute approximate surface area is 200 Å². The topological polar surface area (TPSA) is 76.0 Å². The standard InChI is InChI=1S/C25H18Cl2N2O4/c26-18-6-1-14(2-7-18)3-10-21(30)33-20-9-8-19(27)12-17(20)13-28-29-24(31)22-15-4-5-16(11-15)23(22)25(29)32/h1-10,12-13,15-16,22-23H,11H2/b10-3+,28-13?/t15-,16-,22-,23+/m0/s1. The van der Waals surface area contributed by atoms with Crippen LogP contribution in [0.2, 0.25) is 10.0 Å². The lowest BCUT2D eigenvalue weighted by Crippen LogP contribution is -2.28. The van der Waals surface area contributed by atoms with Crippen molar-refractivity contribution in [1.29, 1.82) is 0 Å². The Balaban J connectivity index is 1.32. The third-order valence-electron chi connectivity index (χ3n) is 6.22. The van der Waals surface area contributed by atoms with E-state index in [0.29, 0.717) is 15.6 Å². The second-order valence-electron chi connectivity index (χ2n) is 8.22. The van der Waals surface area contributed by atoms with E-state index in [2.05, 4.69) is 5.10 Å². The Morgan fingerprint density at radius 1 is 0.970 bits per heavy atom. The Morgan fingerprint density at radius 3 is 2.27 bits per heavy atom. The van der Waals surface area contributed by atoms with Gasteiger partial charge in [0.1, 0.15) is 5.75 Å². The van der Waals surface area contributed by atoms with Crippen LogP contribution < -0.4 is 4.74 Å². The highest BCUT2D eigenvalue weighted by Gasteiger charge is 2.59. The number of imide groups is 1. The molecule has 2 bridgehead atoms. The Kier molecular flexibility index (Phi) is 5.64. The third kappa shape index (κ3) is 4.12. The van der Waals surface area contributed by atoms with Crippen molar-refractivity contribution in [3.8, 4) is 5.75 Å². The molecule has 2 aliphatic carbocycles. The number of amides is 2. The Hall–Kier alpha value is -3.22. The predicted molar refractivity (Wildman–Crippen MR) is 125 cm³/mol. The first kappa shape index (κ1) is 21.6. The molecule has 166 valence electrons. The second kappa shape index (κ2) is 8.61. The highest BCUT2D eigenvalue weighted by Crippen LogP contribution is 2.52. The van der Waals surface area contributed by atoms with Gasteiger partial charge in [-0.1, -0.05) is 47.5 Å². The summed E-state index contributed by atoms with van der Waals surface area (Å²) in [6.45, 7) is 0. The molecular formula is C25H18Cl2N2O4. The molecule has 0 spiro atoms. The maximum Gasteiger partial charge on any atom is 0.336 e. The SMILES string of the molecule is O=C(/C=C/c1ccc(Cl)cc1)Oc1ccc(Cl)cc1C=NN1C(=O)[C@@H]2[C@H](C1=O)[C@H]1C=C[C@H]2C1. The first-order valence-electron chi connectivity index (χ1n) is 10.5. The molecule has 5 rings (SSSR count). The molecule has 2 amide bonds. The average Bonchev–Trinajstić information content (AvgIpc) is 3.48. The van der Waals surface area contributed by atoms with Crippen LogP contribution in [0.3, 0.4) is 0 Å². The number of hydrazone groups is 1. The summed E-state index contributed by atoms with van der Waals surface area (Å²) in [6.07, 6.45) is 9.11. The zero-order chi connectivity index (χ0) is 23.1. The molecule has 2 aromatic rings. The first-order valence-corrected chi connectivity index (χ1v) is 11.2. The molecule has 1 saturated carbocycles. The molecule has 33 heavy (non-hydrogen) atoms. The van der Waals surface area contributed by atoms with Crippen molar-refractivity contribution in [2.75, 3.05) is 0 Å². The van der Waals surface area contributed by atoms with E-state index in [4.69, 9.17) is 27.9 Å². The van der Waals surface area contributed by atoms with Gasteiger partial charge >= 0.3 is 5.97 Å². The zero-order valence-electron chi connectivity index (χ0n) is 17.2. The minimum atomic E-state index is -0.604. The van der Waals surface area contributed by atoms with Gasteiger partial charge in [0.15, 0.2) is 0 Å². The molecule has 1 heterocycles. The zero-order valence-corrected chi connectivity index (χ0v) is 18.7. The number of ether oxygens (including phenoxy) is 1. The molecule has 2 fully saturated rings. The Morgan fingerprint density at radius 2 is 1.61 bits per heavy atom. The molecule has 0 unspecified atom stereocenters. The second-order valence-corrected chi connectivity index (χ2v) is 9.09. The highest BCUT2D eigenvalue weighted by atomic mass is 35.5. The van der Waals surface area contributed by atoms with Crippen LogP contribution in [0.15, 0.2) is 65.8 Å². The van der Waals surface area contributed by atoms with E-state index < -0.39 is 5.97 Å².